The van der Waals surface area contributed by atoms with Crippen molar-refractivity contribution >= 4 is 23.1 Å². The minimum absolute atomic E-state index is 0. The maximum absolute atomic E-state index is 13.3. The van der Waals surface area contributed by atoms with E-state index >= 15 is 0 Å². The molecule has 166 valence electrons. The first-order valence-corrected chi connectivity index (χ1v) is 10.4. The molecule has 4 rings (SSSR count). The van der Waals surface area contributed by atoms with Crippen molar-refractivity contribution in [3.8, 4) is 0 Å². The van der Waals surface area contributed by atoms with Gasteiger partial charge in [-0.15, -0.1) is 0 Å². The van der Waals surface area contributed by atoms with E-state index in [0.29, 0.717) is 12.2 Å². The highest BCUT2D eigenvalue weighted by Crippen LogP contribution is 2.49. The molecular formula is C21H24Cl2F3N3S-2. The fourth-order valence-electron chi connectivity index (χ4n) is 3.77. The van der Waals surface area contributed by atoms with E-state index < -0.39 is 11.7 Å². The van der Waals surface area contributed by atoms with Crippen LogP contribution in [0.3, 0.4) is 0 Å². The molecule has 2 aliphatic heterocycles. The molecule has 0 amide bonds. The van der Waals surface area contributed by atoms with Crippen LogP contribution in [0.2, 0.25) is 0 Å². The molecule has 1 fully saturated rings. The van der Waals surface area contributed by atoms with Crippen molar-refractivity contribution in [1.82, 2.24) is 9.80 Å². The smallest absolute Gasteiger partial charge is 0.416 e. The van der Waals surface area contributed by atoms with Gasteiger partial charge in [-0.2, -0.15) is 13.2 Å². The largest absolute Gasteiger partial charge is 1.00 e. The number of likely N-dealkylation sites (N-methyl/N-ethyl adjacent to an activating group) is 1. The topological polar surface area (TPSA) is 9.72 Å². The molecule has 0 saturated carbocycles. The number of piperazine rings is 1. The summed E-state index contributed by atoms with van der Waals surface area (Å²) in [6.45, 7) is 5.92. The van der Waals surface area contributed by atoms with E-state index in [0.717, 1.165) is 54.6 Å². The molecule has 2 aromatic rings. The van der Waals surface area contributed by atoms with Gasteiger partial charge in [0.1, 0.15) is 0 Å². The number of rotatable bonds is 4. The highest BCUT2D eigenvalue weighted by Gasteiger charge is 2.33. The molecule has 9 heteroatoms. The Bertz CT molecular complexity index is 842. The minimum atomic E-state index is -4.33. The number of para-hydroxylation sites is 1. The van der Waals surface area contributed by atoms with Crippen LogP contribution in [0.25, 0.3) is 0 Å². The maximum Gasteiger partial charge on any atom is 0.416 e. The van der Waals surface area contributed by atoms with Crippen LogP contribution in [0.5, 0.6) is 0 Å². The van der Waals surface area contributed by atoms with E-state index in [1.54, 1.807) is 17.8 Å². The lowest BCUT2D eigenvalue weighted by Gasteiger charge is -2.35. The number of hydrogen-bond donors (Lipinski definition) is 0. The lowest BCUT2D eigenvalue weighted by atomic mass is 10.1. The lowest BCUT2D eigenvalue weighted by molar-refractivity contribution is -0.137. The molecule has 0 bridgehead atoms. The van der Waals surface area contributed by atoms with Gasteiger partial charge in [0, 0.05) is 42.5 Å². The molecule has 2 aromatic carbocycles. The summed E-state index contributed by atoms with van der Waals surface area (Å²) in [5.74, 6) is 0. The van der Waals surface area contributed by atoms with E-state index in [4.69, 9.17) is 0 Å². The van der Waals surface area contributed by atoms with Gasteiger partial charge in [-0.3, -0.25) is 0 Å². The zero-order valence-corrected chi connectivity index (χ0v) is 19.0. The third-order valence-electron chi connectivity index (χ3n) is 5.40. The van der Waals surface area contributed by atoms with Crippen molar-refractivity contribution in [2.45, 2.75) is 22.4 Å². The Morgan fingerprint density at radius 1 is 0.867 bits per heavy atom. The predicted molar refractivity (Wildman–Crippen MR) is 108 cm³/mol. The predicted octanol–water partition coefficient (Wildman–Crippen LogP) is -1.05. The number of halogens is 5. The van der Waals surface area contributed by atoms with Crippen LogP contribution in [0.15, 0.2) is 52.3 Å². The summed E-state index contributed by atoms with van der Waals surface area (Å²) in [4.78, 5) is 8.80. The molecule has 3 nitrogen and oxygen atoms in total. The molecule has 0 unspecified atom stereocenters. The average molecular weight is 478 g/mol. The van der Waals surface area contributed by atoms with Crippen molar-refractivity contribution in [3.63, 3.8) is 0 Å². The second-order valence-electron chi connectivity index (χ2n) is 7.40. The number of nitrogens with zero attached hydrogens (tertiary/aromatic N) is 3. The first kappa shape index (κ1) is 25.1. The van der Waals surface area contributed by atoms with Gasteiger partial charge in [0.05, 0.1) is 16.9 Å². The summed E-state index contributed by atoms with van der Waals surface area (Å²) in [7, 11) is 2.13. The highest BCUT2D eigenvalue weighted by atomic mass is 35.5. The summed E-state index contributed by atoms with van der Waals surface area (Å²) in [6.07, 6.45) is -3.42. The number of hydrogen-bond acceptors (Lipinski definition) is 4. The Kier molecular flexibility index (Phi) is 8.77. The van der Waals surface area contributed by atoms with Crippen molar-refractivity contribution < 1.29 is 38.0 Å². The second kappa shape index (κ2) is 10.5. The summed E-state index contributed by atoms with van der Waals surface area (Å²) < 4.78 is 39.8. The summed E-state index contributed by atoms with van der Waals surface area (Å²) in [5.41, 5.74) is 1.07. The van der Waals surface area contributed by atoms with Crippen LogP contribution >= 0.6 is 11.8 Å². The molecule has 0 radical (unpaired) electrons. The fourth-order valence-corrected chi connectivity index (χ4v) is 4.85. The van der Waals surface area contributed by atoms with E-state index in [9.17, 15) is 13.2 Å². The molecule has 2 heterocycles. The minimum Gasteiger partial charge on any atom is -1.00 e. The molecule has 0 atom stereocenters. The van der Waals surface area contributed by atoms with Gasteiger partial charge in [0.15, 0.2) is 0 Å². The van der Waals surface area contributed by atoms with Crippen LogP contribution in [0.4, 0.5) is 24.5 Å². The third kappa shape index (κ3) is 5.56. The summed E-state index contributed by atoms with van der Waals surface area (Å²) in [6, 6.07) is 12.0. The van der Waals surface area contributed by atoms with Crippen LogP contribution < -0.4 is 29.7 Å². The molecule has 0 aliphatic carbocycles. The second-order valence-corrected chi connectivity index (χ2v) is 8.48. The van der Waals surface area contributed by atoms with Gasteiger partial charge >= 0.3 is 6.18 Å². The van der Waals surface area contributed by atoms with Gasteiger partial charge in [0.25, 0.3) is 0 Å². The van der Waals surface area contributed by atoms with Crippen molar-refractivity contribution in [3.05, 3.63) is 48.0 Å². The van der Waals surface area contributed by atoms with Crippen LogP contribution in [0.1, 0.15) is 12.0 Å². The standard InChI is InChI=1S/C21H24F3N3S.2ClH/c1-25-11-13-26(14-12-25)9-4-10-27-17-5-2-3-6-19(17)28-20-8-7-16(15-18(20)27)21(22,23)24;;/h2-3,5-8,15H,4,9-14H2,1H3;2*1H/p-2. The quantitative estimate of drug-likeness (QED) is 0.555. The molecule has 0 aromatic heterocycles. The molecule has 2 aliphatic rings. The number of anilines is 2. The van der Waals surface area contributed by atoms with E-state index in [1.165, 1.54) is 12.1 Å². The molecule has 0 N–H and O–H groups in total. The molecule has 1 saturated heterocycles. The van der Waals surface area contributed by atoms with Gasteiger partial charge in [-0.05, 0) is 50.3 Å². The van der Waals surface area contributed by atoms with Crippen LogP contribution in [0, 0.1) is 0 Å². The van der Waals surface area contributed by atoms with E-state index in [2.05, 4.69) is 21.7 Å². The van der Waals surface area contributed by atoms with Gasteiger partial charge in [-0.25, -0.2) is 0 Å². The lowest BCUT2D eigenvalue weighted by Crippen LogP contribution is -3.00. The monoisotopic (exact) mass is 477 g/mol. The van der Waals surface area contributed by atoms with Gasteiger partial charge < -0.3 is 39.5 Å². The molecule has 30 heavy (non-hydrogen) atoms. The van der Waals surface area contributed by atoms with E-state index in [-0.39, 0.29) is 24.8 Å². The normalized spacial score (nSPS) is 16.9. The Morgan fingerprint density at radius 2 is 1.53 bits per heavy atom. The SMILES string of the molecule is CN1CCN(CCCN2c3ccccc3Sc3ccc(C(F)(F)F)cc32)CC1.[Cl-].[Cl-]. The van der Waals surface area contributed by atoms with Crippen LogP contribution in [-0.2, 0) is 6.18 Å². The first-order chi connectivity index (χ1) is 13.4. The Morgan fingerprint density at radius 3 is 2.23 bits per heavy atom. The number of benzene rings is 2. The maximum atomic E-state index is 13.3. The van der Waals surface area contributed by atoms with E-state index in [1.807, 2.05) is 24.3 Å². The zero-order chi connectivity index (χ0) is 19.7. The first-order valence-electron chi connectivity index (χ1n) is 9.58. The molecule has 0 spiro atoms. The number of alkyl halides is 3. The van der Waals surface area contributed by atoms with Crippen molar-refractivity contribution in [1.29, 1.82) is 0 Å². The van der Waals surface area contributed by atoms with Crippen LogP contribution in [-0.4, -0.2) is 56.1 Å². The average Bonchev–Trinajstić information content (AvgIpc) is 2.68. The Labute approximate surface area is 192 Å². The molecular weight excluding hydrogens is 454 g/mol. The third-order valence-corrected chi connectivity index (χ3v) is 6.54. The van der Waals surface area contributed by atoms with Gasteiger partial charge in [-0.1, -0.05) is 23.9 Å². The van der Waals surface area contributed by atoms with Gasteiger partial charge in [0.2, 0.25) is 0 Å². The summed E-state index contributed by atoms with van der Waals surface area (Å²) in [5, 5.41) is 0. The summed E-state index contributed by atoms with van der Waals surface area (Å²) >= 11 is 1.54. The fraction of sp³-hybridized carbons (Fsp3) is 0.429. The number of fused-ring (bicyclic) bond motifs is 2. The Hall–Kier alpha value is -1.12. The van der Waals surface area contributed by atoms with Crippen molar-refractivity contribution in [2.24, 2.45) is 0 Å². The highest BCUT2D eigenvalue weighted by molar-refractivity contribution is 7.99. The zero-order valence-electron chi connectivity index (χ0n) is 16.6. The van der Waals surface area contributed by atoms with Crippen molar-refractivity contribution in [2.75, 3.05) is 51.2 Å². The Balaban J connectivity index is 0.00000160.